The lowest BCUT2D eigenvalue weighted by atomic mass is 10.00. The van der Waals surface area contributed by atoms with E-state index in [0.717, 1.165) is 31.8 Å². The first-order valence-corrected chi connectivity index (χ1v) is 8.70. The number of hydrogen-bond donors (Lipinski definition) is 2. The fourth-order valence-electron chi connectivity index (χ4n) is 2.97. The van der Waals surface area contributed by atoms with Crippen molar-refractivity contribution in [3.8, 4) is 0 Å². The molecule has 4 nitrogen and oxygen atoms in total. The van der Waals surface area contributed by atoms with E-state index in [1.807, 2.05) is 0 Å². The predicted octanol–water partition coefficient (Wildman–Crippen LogP) is 1.03. The number of rotatable bonds is 4. The Labute approximate surface area is 129 Å². The Morgan fingerprint density at radius 3 is 2.95 bits per heavy atom. The zero-order valence-electron chi connectivity index (χ0n) is 12.2. The number of amides is 1. The van der Waals surface area contributed by atoms with Crippen LogP contribution in [0.5, 0.6) is 0 Å². The summed E-state index contributed by atoms with van der Waals surface area (Å²) in [5.74, 6) is 1.19. The molecule has 3 rings (SSSR count). The Hall–Kier alpha value is -1.04. The Morgan fingerprint density at radius 2 is 2.19 bits per heavy atom. The molecule has 2 N–H and O–H groups in total. The van der Waals surface area contributed by atoms with Crippen molar-refractivity contribution in [2.45, 2.75) is 25.0 Å². The molecule has 0 radical (unpaired) electrons. The van der Waals surface area contributed by atoms with E-state index < -0.39 is 5.60 Å². The van der Waals surface area contributed by atoms with Gasteiger partial charge in [-0.15, -0.1) is 0 Å². The van der Waals surface area contributed by atoms with Crippen molar-refractivity contribution in [1.82, 2.24) is 10.2 Å². The number of benzene rings is 1. The lowest BCUT2D eigenvalue weighted by Gasteiger charge is -2.29. The summed E-state index contributed by atoms with van der Waals surface area (Å²) < 4.78 is 0. The average molecular weight is 306 g/mol. The summed E-state index contributed by atoms with van der Waals surface area (Å²) in [4.78, 5) is 14.4. The molecule has 1 fully saturated rings. The maximum absolute atomic E-state index is 12.0. The largest absolute Gasteiger partial charge is 0.379 e. The number of carbonyl (C=O) groups excluding carboxylic acids is 1. The Bertz CT molecular complexity index is 515. The van der Waals surface area contributed by atoms with E-state index in [1.54, 1.807) is 11.8 Å². The van der Waals surface area contributed by atoms with Crippen LogP contribution in [0.1, 0.15) is 17.5 Å². The zero-order valence-corrected chi connectivity index (χ0v) is 13.0. The summed E-state index contributed by atoms with van der Waals surface area (Å²) in [6, 6.07) is 8.55. The highest BCUT2D eigenvalue weighted by molar-refractivity contribution is 7.99. The van der Waals surface area contributed by atoms with Gasteiger partial charge in [0.25, 0.3) is 5.91 Å². The number of thioether (sulfide) groups is 1. The molecule has 21 heavy (non-hydrogen) atoms. The molecule has 1 atom stereocenters. The highest BCUT2D eigenvalue weighted by Crippen LogP contribution is 2.27. The minimum absolute atomic E-state index is 0.204. The van der Waals surface area contributed by atoms with Crippen molar-refractivity contribution < 1.29 is 9.90 Å². The van der Waals surface area contributed by atoms with Gasteiger partial charge in [-0.3, -0.25) is 9.69 Å². The van der Waals surface area contributed by atoms with Gasteiger partial charge < -0.3 is 10.4 Å². The molecular formula is C16H22N2O2S. The molecule has 0 aromatic heterocycles. The maximum atomic E-state index is 12.0. The van der Waals surface area contributed by atoms with Gasteiger partial charge in [0.2, 0.25) is 0 Å². The summed E-state index contributed by atoms with van der Waals surface area (Å²) in [5, 5.41) is 13.1. The van der Waals surface area contributed by atoms with Crippen LogP contribution in [0.3, 0.4) is 0 Å². The summed E-state index contributed by atoms with van der Waals surface area (Å²) >= 11 is 1.64. The molecule has 114 valence electrons. The van der Waals surface area contributed by atoms with Gasteiger partial charge in [-0.1, -0.05) is 24.3 Å². The number of nitrogens with zero attached hydrogens (tertiary/aromatic N) is 1. The van der Waals surface area contributed by atoms with Crippen molar-refractivity contribution >= 4 is 17.7 Å². The fourth-order valence-corrected chi connectivity index (χ4v) is 4.21. The van der Waals surface area contributed by atoms with Crippen molar-refractivity contribution in [3.05, 3.63) is 35.4 Å². The van der Waals surface area contributed by atoms with Gasteiger partial charge in [-0.05, 0) is 29.7 Å². The summed E-state index contributed by atoms with van der Waals surface area (Å²) in [5.41, 5.74) is 1.69. The third-order valence-electron chi connectivity index (χ3n) is 4.35. The first-order chi connectivity index (χ1) is 10.2. The van der Waals surface area contributed by atoms with Gasteiger partial charge in [0.05, 0.1) is 0 Å². The Balaban J connectivity index is 1.45. The summed E-state index contributed by atoms with van der Waals surface area (Å²) in [6.07, 6.45) is 1.64. The number of nitrogens with one attached hydrogen (secondary N) is 1. The molecule has 1 saturated heterocycles. The first kappa shape index (κ1) is 14.9. The van der Waals surface area contributed by atoms with Crippen molar-refractivity contribution in [2.24, 2.45) is 0 Å². The lowest BCUT2D eigenvalue weighted by molar-refractivity contribution is -0.137. The van der Waals surface area contributed by atoms with Crippen LogP contribution in [0.25, 0.3) is 0 Å². The Kier molecular flexibility index (Phi) is 4.52. The van der Waals surface area contributed by atoms with Crippen LogP contribution in [0.2, 0.25) is 0 Å². The van der Waals surface area contributed by atoms with Crippen LogP contribution in [-0.2, 0) is 17.8 Å². The molecule has 0 spiro atoms. The van der Waals surface area contributed by atoms with Gasteiger partial charge in [0.15, 0.2) is 5.60 Å². The summed E-state index contributed by atoms with van der Waals surface area (Å²) in [6.45, 7) is 3.43. The van der Waals surface area contributed by atoms with E-state index in [-0.39, 0.29) is 5.91 Å². The Morgan fingerprint density at radius 1 is 1.38 bits per heavy atom. The molecule has 5 heteroatoms. The van der Waals surface area contributed by atoms with Gasteiger partial charge >= 0.3 is 0 Å². The van der Waals surface area contributed by atoms with Crippen LogP contribution >= 0.6 is 11.8 Å². The molecule has 1 amide bonds. The second-order valence-electron chi connectivity index (χ2n) is 5.88. The number of hydrogen-bond acceptors (Lipinski definition) is 4. The smallest absolute Gasteiger partial charge is 0.252 e. The predicted molar refractivity (Wildman–Crippen MR) is 85.3 cm³/mol. The van der Waals surface area contributed by atoms with E-state index in [2.05, 4.69) is 34.5 Å². The molecule has 2 aliphatic heterocycles. The normalized spacial score (nSPS) is 25.6. The topological polar surface area (TPSA) is 52.6 Å². The monoisotopic (exact) mass is 306 g/mol. The van der Waals surface area contributed by atoms with Crippen LogP contribution in [0, 0.1) is 0 Å². The second-order valence-corrected chi connectivity index (χ2v) is 6.99. The number of aliphatic hydroxyl groups is 1. The third kappa shape index (κ3) is 3.42. The molecule has 1 aromatic carbocycles. The number of carbonyl (C=O) groups is 1. The van der Waals surface area contributed by atoms with Gasteiger partial charge in [-0.2, -0.15) is 11.8 Å². The molecule has 2 heterocycles. The maximum Gasteiger partial charge on any atom is 0.252 e. The number of fused-ring (bicyclic) bond motifs is 1. The molecule has 1 aromatic rings. The minimum Gasteiger partial charge on any atom is -0.379 e. The average Bonchev–Trinajstić information content (AvgIpc) is 2.95. The SMILES string of the molecule is O=C(NCCN1CCc2ccccc2C1)C1(O)CCSC1. The van der Waals surface area contributed by atoms with E-state index in [9.17, 15) is 9.90 Å². The fraction of sp³-hybridized carbons (Fsp3) is 0.562. The first-order valence-electron chi connectivity index (χ1n) is 7.55. The van der Waals surface area contributed by atoms with E-state index >= 15 is 0 Å². The van der Waals surface area contributed by atoms with Gasteiger partial charge in [0.1, 0.15) is 0 Å². The van der Waals surface area contributed by atoms with Crippen molar-refractivity contribution in [1.29, 1.82) is 0 Å². The standard InChI is InChI=1S/C16H22N2O2S/c19-15(16(20)6-10-21-12-16)17-7-9-18-8-5-13-3-1-2-4-14(13)11-18/h1-4,20H,5-12H2,(H,17,19). The van der Waals surface area contributed by atoms with Crippen LogP contribution in [0.15, 0.2) is 24.3 Å². The lowest BCUT2D eigenvalue weighted by Crippen LogP contribution is -2.49. The highest BCUT2D eigenvalue weighted by atomic mass is 32.2. The van der Waals surface area contributed by atoms with Crippen molar-refractivity contribution in [3.63, 3.8) is 0 Å². The zero-order chi connectivity index (χ0) is 14.7. The van der Waals surface area contributed by atoms with Crippen molar-refractivity contribution in [2.75, 3.05) is 31.1 Å². The van der Waals surface area contributed by atoms with E-state index in [1.165, 1.54) is 11.1 Å². The quantitative estimate of drug-likeness (QED) is 0.872. The minimum atomic E-state index is -1.14. The molecule has 0 aliphatic carbocycles. The van der Waals surface area contributed by atoms with E-state index in [0.29, 0.717) is 18.7 Å². The van der Waals surface area contributed by atoms with E-state index in [4.69, 9.17) is 0 Å². The second kappa shape index (κ2) is 6.38. The van der Waals surface area contributed by atoms with Crippen LogP contribution in [-0.4, -0.2) is 52.7 Å². The molecule has 1 unspecified atom stereocenters. The molecule has 0 bridgehead atoms. The molecule has 0 saturated carbocycles. The summed E-state index contributed by atoms with van der Waals surface area (Å²) in [7, 11) is 0. The van der Waals surface area contributed by atoms with Crippen LogP contribution in [0.4, 0.5) is 0 Å². The van der Waals surface area contributed by atoms with Crippen LogP contribution < -0.4 is 5.32 Å². The molecule has 2 aliphatic rings. The third-order valence-corrected chi connectivity index (χ3v) is 5.52. The molecular weight excluding hydrogens is 284 g/mol. The van der Waals surface area contributed by atoms with Gasteiger partial charge in [0, 0.05) is 31.9 Å². The highest BCUT2D eigenvalue weighted by Gasteiger charge is 2.39. The van der Waals surface area contributed by atoms with Gasteiger partial charge in [-0.25, -0.2) is 0 Å².